The Balaban J connectivity index is 2.69. The largest absolute Gasteiger partial charge is 0.278 e. The summed E-state index contributed by atoms with van der Waals surface area (Å²) in [4.78, 5) is 6.71. The quantitative estimate of drug-likeness (QED) is 0.317. The molecule has 0 fully saturated rings. The van der Waals surface area contributed by atoms with E-state index < -0.39 is 0 Å². The third-order valence-corrected chi connectivity index (χ3v) is 1.35. The summed E-state index contributed by atoms with van der Waals surface area (Å²) in [5, 5.41) is 3.47. The van der Waals surface area contributed by atoms with Gasteiger partial charge in [0.15, 0.2) is 0 Å². The fourth-order valence-electron chi connectivity index (χ4n) is 0.757. The fraction of sp³-hybridized carbons (Fsp3) is 0.500. The van der Waals surface area contributed by atoms with Crippen molar-refractivity contribution in [1.82, 2.24) is 0 Å². The van der Waals surface area contributed by atoms with Crippen molar-refractivity contribution in [3.8, 4) is 0 Å². The van der Waals surface area contributed by atoms with Gasteiger partial charge in [-0.1, -0.05) is 11.2 Å². The summed E-state index contributed by atoms with van der Waals surface area (Å²) in [5.74, 6) is 0. The van der Waals surface area contributed by atoms with Crippen LogP contribution in [0.4, 0.5) is 0 Å². The van der Waals surface area contributed by atoms with Crippen molar-refractivity contribution in [3.05, 3.63) is 22.2 Å². The molecular weight excluding hydrogens is 128 g/mol. The second kappa shape index (κ2) is 2.54. The van der Waals surface area contributed by atoms with Crippen LogP contribution < -0.4 is 0 Å². The lowest BCUT2D eigenvalue weighted by molar-refractivity contribution is 1.14. The molecule has 4 heteroatoms. The third kappa shape index (κ3) is 1.17. The van der Waals surface area contributed by atoms with E-state index in [-0.39, 0.29) is 6.04 Å². The molecule has 0 aromatic carbocycles. The first-order valence-corrected chi connectivity index (χ1v) is 3.09. The van der Waals surface area contributed by atoms with E-state index in [9.17, 15) is 0 Å². The monoisotopic (exact) mass is 136 g/mol. The number of hydrogen-bond donors (Lipinski definition) is 0. The van der Waals surface area contributed by atoms with Crippen LogP contribution in [0.1, 0.15) is 13.8 Å². The van der Waals surface area contributed by atoms with Gasteiger partial charge in [0.2, 0.25) is 0 Å². The Labute approximate surface area is 58.9 Å². The summed E-state index contributed by atoms with van der Waals surface area (Å²) in [6.07, 6.45) is 1.77. The van der Waals surface area contributed by atoms with Crippen molar-refractivity contribution < 1.29 is 0 Å². The van der Waals surface area contributed by atoms with Gasteiger partial charge in [-0.3, -0.25) is 4.99 Å². The SMILES string of the molecule is C/C=C(\N=[N+]=[N-])C1=N[C@@H]1C. The molecule has 0 unspecified atom stereocenters. The first-order chi connectivity index (χ1) is 4.79. The Morgan fingerprint density at radius 2 is 2.50 bits per heavy atom. The Morgan fingerprint density at radius 3 is 2.80 bits per heavy atom. The van der Waals surface area contributed by atoms with Crippen LogP contribution in [0.25, 0.3) is 10.4 Å². The van der Waals surface area contributed by atoms with Crippen molar-refractivity contribution in [3.63, 3.8) is 0 Å². The van der Waals surface area contributed by atoms with Crippen molar-refractivity contribution >= 4 is 5.71 Å². The van der Waals surface area contributed by atoms with Gasteiger partial charge in [0.1, 0.15) is 0 Å². The zero-order chi connectivity index (χ0) is 7.56. The lowest BCUT2D eigenvalue weighted by Crippen LogP contribution is -1.92. The summed E-state index contributed by atoms with van der Waals surface area (Å²) >= 11 is 0. The van der Waals surface area contributed by atoms with E-state index in [0.29, 0.717) is 5.70 Å². The average molecular weight is 136 g/mol. The molecule has 1 aliphatic heterocycles. The van der Waals surface area contributed by atoms with E-state index in [1.165, 1.54) is 0 Å². The Bertz CT molecular complexity index is 244. The van der Waals surface area contributed by atoms with Gasteiger partial charge in [0.25, 0.3) is 0 Å². The van der Waals surface area contributed by atoms with E-state index in [1.807, 2.05) is 13.8 Å². The maximum Gasteiger partial charge on any atom is 0.0896 e. The zero-order valence-electron chi connectivity index (χ0n) is 5.94. The zero-order valence-corrected chi connectivity index (χ0v) is 5.94. The van der Waals surface area contributed by atoms with Crippen LogP contribution in [0.5, 0.6) is 0 Å². The summed E-state index contributed by atoms with van der Waals surface area (Å²) in [5.41, 5.74) is 9.67. The van der Waals surface area contributed by atoms with Crippen molar-refractivity contribution in [2.24, 2.45) is 10.1 Å². The Hall–Kier alpha value is -1.28. The van der Waals surface area contributed by atoms with Crippen molar-refractivity contribution in [2.45, 2.75) is 19.9 Å². The highest BCUT2D eigenvalue weighted by Gasteiger charge is 2.24. The fourth-order valence-corrected chi connectivity index (χ4v) is 0.757. The molecule has 0 amide bonds. The minimum absolute atomic E-state index is 0.261. The van der Waals surface area contributed by atoms with E-state index in [1.54, 1.807) is 6.08 Å². The molecule has 0 saturated heterocycles. The second-order valence-electron chi connectivity index (χ2n) is 2.05. The molecule has 4 nitrogen and oxygen atoms in total. The van der Waals surface area contributed by atoms with Crippen LogP contribution in [-0.4, -0.2) is 11.8 Å². The molecule has 1 rings (SSSR count). The number of azide groups is 1. The van der Waals surface area contributed by atoms with Gasteiger partial charge in [0.05, 0.1) is 17.5 Å². The molecule has 0 aromatic rings. The molecule has 1 atom stereocenters. The van der Waals surface area contributed by atoms with Gasteiger partial charge in [-0.15, -0.1) is 0 Å². The second-order valence-corrected chi connectivity index (χ2v) is 2.05. The van der Waals surface area contributed by atoms with Crippen LogP contribution in [0.15, 0.2) is 21.9 Å². The standard InChI is InChI=1S/C6H8N4/c1-3-5(9-10-7)6-4(2)8-6/h3-4H,1-2H3/b5-3-/t4-/m1/s1. The lowest BCUT2D eigenvalue weighted by Gasteiger charge is -1.85. The highest BCUT2D eigenvalue weighted by Crippen LogP contribution is 2.19. The van der Waals surface area contributed by atoms with Crippen LogP contribution in [-0.2, 0) is 0 Å². The lowest BCUT2D eigenvalue weighted by atomic mass is 10.2. The number of allylic oxidation sites excluding steroid dienone is 1. The molecule has 0 N–H and O–H groups in total. The Morgan fingerprint density at radius 1 is 1.90 bits per heavy atom. The maximum absolute atomic E-state index is 8.09. The number of rotatable bonds is 2. The summed E-state index contributed by atoms with van der Waals surface area (Å²) in [6.45, 7) is 3.79. The van der Waals surface area contributed by atoms with Gasteiger partial charge in [-0.2, -0.15) is 0 Å². The van der Waals surface area contributed by atoms with E-state index in [4.69, 9.17) is 5.53 Å². The topological polar surface area (TPSA) is 61.1 Å². The average Bonchev–Trinajstić information content (AvgIpc) is 2.62. The normalized spacial score (nSPS) is 23.2. The molecule has 1 aliphatic rings. The highest BCUT2D eigenvalue weighted by molar-refractivity contribution is 6.12. The van der Waals surface area contributed by atoms with E-state index in [0.717, 1.165) is 5.71 Å². The molecule has 10 heavy (non-hydrogen) atoms. The van der Waals surface area contributed by atoms with Crippen LogP contribution in [0.3, 0.4) is 0 Å². The predicted molar refractivity (Wildman–Crippen MR) is 39.8 cm³/mol. The minimum atomic E-state index is 0.261. The third-order valence-electron chi connectivity index (χ3n) is 1.35. The van der Waals surface area contributed by atoms with Gasteiger partial charge in [-0.05, 0) is 19.4 Å². The summed E-state index contributed by atoms with van der Waals surface area (Å²) in [7, 11) is 0. The van der Waals surface area contributed by atoms with Crippen LogP contribution in [0, 0.1) is 0 Å². The first-order valence-electron chi connectivity index (χ1n) is 3.09. The van der Waals surface area contributed by atoms with Crippen LogP contribution >= 0.6 is 0 Å². The first kappa shape index (κ1) is 6.83. The number of aliphatic imine (C=N–C) groups is 1. The molecule has 0 aliphatic carbocycles. The molecule has 0 aromatic heterocycles. The Kier molecular flexibility index (Phi) is 1.73. The van der Waals surface area contributed by atoms with Crippen LogP contribution in [0.2, 0.25) is 0 Å². The molecule has 0 saturated carbocycles. The smallest absolute Gasteiger partial charge is 0.0896 e. The summed E-state index contributed by atoms with van der Waals surface area (Å²) in [6, 6.07) is 0.261. The molecule has 0 spiro atoms. The molecule has 0 radical (unpaired) electrons. The van der Waals surface area contributed by atoms with Crippen molar-refractivity contribution in [1.29, 1.82) is 0 Å². The maximum atomic E-state index is 8.09. The van der Waals surface area contributed by atoms with E-state index >= 15 is 0 Å². The summed E-state index contributed by atoms with van der Waals surface area (Å²) < 4.78 is 0. The number of nitrogens with zero attached hydrogens (tertiary/aromatic N) is 4. The molecule has 1 heterocycles. The number of hydrogen-bond acceptors (Lipinski definition) is 2. The van der Waals surface area contributed by atoms with Gasteiger partial charge < -0.3 is 0 Å². The predicted octanol–water partition coefficient (Wildman–Crippen LogP) is 2.04. The molecular formula is C6H8N4. The minimum Gasteiger partial charge on any atom is -0.278 e. The molecule has 0 bridgehead atoms. The molecule has 52 valence electrons. The van der Waals surface area contributed by atoms with Gasteiger partial charge in [-0.25, -0.2) is 0 Å². The van der Waals surface area contributed by atoms with Gasteiger partial charge >= 0.3 is 0 Å². The highest BCUT2D eigenvalue weighted by atomic mass is 15.2. The van der Waals surface area contributed by atoms with Gasteiger partial charge in [0, 0.05) is 4.91 Å². The van der Waals surface area contributed by atoms with Crippen molar-refractivity contribution in [2.75, 3.05) is 0 Å². The van der Waals surface area contributed by atoms with E-state index in [2.05, 4.69) is 15.0 Å².